The second-order valence-corrected chi connectivity index (χ2v) is 8.74. The van der Waals surface area contributed by atoms with Gasteiger partial charge in [0.25, 0.3) is 5.82 Å². The van der Waals surface area contributed by atoms with Crippen LogP contribution in [0.1, 0.15) is 11.4 Å². The fourth-order valence-corrected chi connectivity index (χ4v) is 5.13. The zero-order valence-corrected chi connectivity index (χ0v) is 21.2. The number of H-pyrrole nitrogens is 1. The van der Waals surface area contributed by atoms with Crippen molar-refractivity contribution in [3.63, 3.8) is 0 Å². The third-order valence-electron chi connectivity index (χ3n) is 5.10. The number of fused-ring (bicyclic) bond motifs is 4. The lowest BCUT2D eigenvalue weighted by Crippen LogP contribution is -3.00. The molecule has 1 N–H and O–H groups in total. The summed E-state index contributed by atoms with van der Waals surface area (Å²) < 4.78 is 5.88. The molecule has 136 valence electrons. The van der Waals surface area contributed by atoms with Crippen LogP contribution in [0.5, 0.6) is 0 Å². The lowest BCUT2D eigenvalue weighted by atomic mass is 10.1. The molecule has 0 bridgehead atoms. The molecule has 0 radical (unpaired) electrons. The van der Waals surface area contributed by atoms with Crippen LogP contribution in [0, 0.1) is 17.4 Å². The summed E-state index contributed by atoms with van der Waals surface area (Å²) in [5.41, 5.74) is 7.41. The fraction of sp³-hybridized carbons (Fsp3) is 0.0952. The lowest BCUT2D eigenvalue weighted by Gasteiger charge is -2.05. The van der Waals surface area contributed by atoms with Crippen molar-refractivity contribution in [1.29, 1.82) is 0 Å². The Hall–Kier alpha value is -0.880. The van der Waals surface area contributed by atoms with Crippen LogP contribution in [0.15, 0.2) is 54.6 Å². The Morgan fingerprint density at radius 2 is 1.63 bits per heavy atom. The van der Waals surface area contributed by atoms with Gasteiger partial charge < -0.3 is 24.0 Å². The van der Waals surface area contributed by atoms with Crippen LogP contribution in [-0.4, -0.2) is 7.35 Å². The van der Waals surface area contributed by atoms with Crippen molar-refractivity contribution in [1.82, 2.24) is 7.35 Å². The molecule has 6 heteroatoms. The zero-order valence-electron chi connectivity index (χ0n) is 14.7. The maximum Gasteiger partial charge on any atom is 0.257 e. The van der Waals surface area contributed by atoms with Gasteiger partial charge in [-0.1, -0.05) is 24.3 Å². The maximum atomic E-state index is 3.59. The van der Waals surface area contributed by atoms with Crippen LogP contribution in [0.2, 0.25) is 0 Å². The summed E-state index contributed by atoms with van der Waals surface area (Å²) in [6, 6.07) is 19.7. The largest absolute Gasteiger partial charge is 1.00 e. The molecule has 2 aromatic heterocycles. The van der Waals surface area contributed by atoms with E-state index in [0.717, 1.165) is 5.82 Å². The first-order valence-electron chi connectivity index (χ1n) is 8.45. The van der Waals surface area contributed by atoms with Crippen molar-refractivity contribution < 1.29 is 29.0 Å². The van der Waals surface area contributed by atoms with E-state index in [1.54, 1.807) is 0 Å². The summed E-state index contributed by atoms with van der Waals surface area (Å²) in [7, 11) is 0. The zero-order chi connectivity index (χ0) is 18.0. The molecule has 0 unspecified atom stereocenters. The van der Waals surface area contributed by atoms with Crippen molar-refractivity contribution in [2.24, 2.45) is 0 Å². The summed E-state index contributed by atoms with van der Waals surface area (Å²) >= 11 is 4.82. The molecule has 2 heterocycles. The third kappa shape index (κ3) is 2.89. The second kappa shape index (κ2) is 7.18. The van der Waals surface area contributed by atoms with Gasteiger partial charge >= 0.3 is 0 Å². The number of hydrogen-bond donors (Lipinski definition) is 0. The Bertz CT molecular complexity index is 1330. The van der Waals surface area contributed by atoms with Gasteiger partial charge in [0.05, 0.1) is 33.9 Å². The molecular formula is C21H16I3N3. The molecule has 0 aliphatic heterocycles. The first kappa shape index (κ1) is 19.4. The predicted molar refractivity (Wildman–Crippen MR) is 124 cm³/mol. The summed E-state index contributed by atoms with van der Waals surface area (Å²) in [6.07, 6.45) is 0. The van der Waals surface area contributed by atoms with Gasteiger partial charge in [0.15, 0.2) is 11.0 Å². The standard InChI is InChI=1S/C21H15I2N3.HI/c1-12-16(22)7-5-9-18(12)25-13(2)24-17-10-15-14-6-3-4-8-19(14)26(23)20(15)11-21(17)25;/h3-11H,1-2H3;1H. The van der Waals surface area contributed by atoms with Crippen molar-refractivity contribution in [2.75, 3.05) is 0 Å². The van der Waals surface area contributed by atoms with Crippen LogP contribution >= 0.6 is 45.5 Å². The average Bonchev–Trinajstić information content (AvgIpc) is 3.10. The highest BCUT2D eigenvalue weighted by Gasteiger charge is 2.22. The number of hydrogen-bond acceptors (Lipinski definition) is 0. The normalized spacial score (nSPS) is 11.4. The molecule has 3 aromatic carbocycles. The minimum atomic E-state index is 0. The van der Waals surface area contributed by atoms with Gasteiger partial charge in [0, 0.05) is 32.9 Å². The quantitative estimate of drug-likeness (QED) is 0.242. The molecule has 0 spiro atoms. The van der Waals surface area contributed by atoms with Crippen LogP contribution in [0.25, 0.3) is 38.5 Å². The predicted octanol–water partition coefficient (Wildman–Crippen LogP) is 2.98. The molecular weight excluding hydrogens is 675 g/mol. The summed E-state index contributed by atoms with van der Waals surface area (Å²) in [5, 5.41) is 2.58. The van der Waals surface area contributed by atoms with E-state index in [0.29, 0.717) is 0 Å². The molecule has 5 aromatic rings. The molecule has 0 saturated carbocycles. The van der Waals surface area contributed by atoms with Crippen molar-refractivity contribution in [3.8, 4) is 5.69 Å². The molecule has 0 aliphatic carbocycles. The number of nitrogens with one attached hydrogen (secondary N) is 1. The van der Waals surface area contributed by atoms with Crippen molar-refractivity contribution in [2.45, 2.75) is 13.8 Å². The molecule has 0 saturated heterocycles. The molecule has 0 aliphatic rings. The van der Waals surface area contributed by atoms with Crippen LogP contribution < -0.4 is 29.0 Å². The summed E-state index contributed by atoms with van der Waals surface area (Å²) in [6.45, 7) is 4.33. The number of aromatic amines is 1. The number of halogens is 3. The van der Waals surface area contributed by atoms with Gasteiger partial charge in [-0.25, -0.2) is 4.98 Å². The average molecular weight is 691 g/mol. The molecule has 0 amide bonds. The van der Waals surface area contributed by atoms with E-state index < -0.39 is 0 Å². The van der Waals surface area contributed by atoms with Gasteiger partial charge in [-0.15, -0.1) is 0 Å². The van der Waals surface area contributed by atoms with Crippen LogP contribution in [0.4, 0.5) is 0 Å². The summed E-state index contributed by atoms with van der Waals surface area (Å²) in [4.78, 5) is 3.59. The number of aromatic nitrogens is 3. The van der Waals surface area contributed by atoms with Crippen LogP contribution in [-0.2, 0) is 0 Å². The number of aryl methyl sites for hydroxylation is 1. The van der Waals surface area contributed by atoms with Gasteiger partial charge in [0.1, 0.15) is 5.69 Å². The Kier molecular flexibility index (Phi) is 5.17. The monoisotopic (exact) mass is 691 g/mol. The topological polar surface area (TPSA) is 24.0 Å². The maximum absolute atomic E-state index is 3.59. The number of rotatable bonds is 1. The number of nitrogens with zero attached hydrogens (tertiary/aromatic N) is 2. The smallest absolute Gasteiger partial charge is 0.257 e. The number of para-hydroxylation sites is 1. The SMILES string of the molecule is Cc1c(I)cccc1-n1c(C)[nH+]c2cc3c4ccccc4n(I)c3cc21.[I-]. The van der Waals surface area contributed by atoms with Crippen molar-refractivity contribution >= 4 is 78.3 Å². The molecule has 3 nitrogen and oxygen atoms in total. The van der Waals surface area contributed by atoms with Gasteiger partial charge in [-0.2, -0.15) is 4.57 Å². The van der Waals surface area contributed by atoms with Crippen molar-refractivity contribution in [3.05, 3.63) is 69.6 Å². The molecule has 0 fully saturated rings. The van der Waals surface area contributed by atoms with E-state index in [4.69, 9.17) is 0 Å². The van der Waals surface area contributed by atoms with Gasteiger partial charge in [-0.3, -0.25) is 2.78 Å². The van der Waals surface area contributed by atoms with Crippen LogP contribution in [0.3, 0.4) is 0 Å². The van der Waals surface area contributed by atoms with E-state index in [-0.39, 0.29) is 24.0 Å². The summed E-state index contributed by atoms with van der Waals surface area (Å²) in [5.74, 6) is 1.14. The van der Waals surface area contributed by atoms with E-state index in [1.807, 2.05) is 0 Å². The Morgan fingerprint density at radius 1 is 0.852 bits per heavy atom. The first-order chi connectivity index (χ1) is 12.6. The highest BCUT2D eigenvalue weighted by atomic mass is 127. The van der Waals surface area contributed by atoms with E-state index in [2.05, 4.69) is 126 Å². The Balaban J connectivity index is 0.00000180. The minimum absolute atomic E-state index is 0. The van der Waals surface area contributed by atoms with Gasteiger partial charge in [0.2, 0.25) is 0 Å². The lowest BCUT2D eigenvalue weighted by molar-refractivity contribution is -0.356. The van der Waals surface area contributed by atoms with Gasteiger partial charge in [-0.05, 0) is 53.8 Å². The first-order valence-corrected chi connectivity index (χ1v) is 10.5. The fourth-order valence-electron chi connectivity index (χ4n) is 3.82. The third-order valence-corrected chi connectivity index (χ3v) is 7.31. The molecule has 27 heavy (non-hydrogen) atoms. The highest BCUT2D eigenvalue weighted by molar-refractivity contribution is 14.1. The number of benzene rings is 3. The van der Waals surface area contributed by atoms with E-state index >= 15 is 0 Å². The van der Waals surface area contributed by atoms with E-state index in [9.17, 15) is 0 Å². The Morgan fingerprint density at radius 3 is 2.44 bits per heavy atom. The molecule has 5 rings (SSSR count). The minimum Gasteiger partial charge on any atom is -1.00 e. The number of imidazole rings is 1. The second-order valence-electron chi connectivity index (χ2n) is 6.61. The molecule has 0 atom stereocenters. The Labute approximate surface area is 201 Å². The highest BCUT2D eigenvalue weighted by Crippen LogP contribution is 2.34. The van der Waals surface area contributed by atoms with E-state index in [1.165, 1.54) is 47.7 Å².